The average Bonchev–Trinajstić information content (AvgIpc) is 3.17. The van der Waals surface area contributed by atoms with E-state index in [0.717, 1.165) is 17.7 Å². The lowest BCUT2D eigenvalue weighted by atomic mass is 10.1. The van der Waals surface area contributed by atoms with Crippen molar-refractivity contribution >= 4 is 27.5 Å². The molecule has 7 heteroatoms. The number of rotatable bonds is 4. The highest BCUT2D eigenvalue weighted by Gasteiger charge is 2.41. The minimum atomic E-state index is -4.43. The predicted molar refractivity (Wildman–Crippen MR) is 77.8 cm³/mol. The van der Waals surface area contributed by atoms with Crippen molar-refractivity contribution in [3.63, 3.8) is 0 Å². The van der Waals surface area contributed by atoms with Gasteiger partial charge in [-0.15, -0.1) is 0 Å². The van der Waals surface area contributed by atoms with Crippen molar-refractivity contribution < 1.29 is 18.0 Å². The lowest BCUT2D eigenvalue weighted by molar-refractivity contribution is -0.144. The highest BCUT2D eigenvalue weighted by atomic mass is 79.9. The molecule has 1 aromatic carbocycles. The molecule has 0 aliphatic heterocycles. The molecule has 116 valence electrons. The van der Waals surface area contributed by atoms with E-state index in [-0.39, 0.29) is 17.2 Å². The van der Waals surface area contributed by atoms with E-state index in [2.05, 4.69) is 15.9 Å². The molecular weight excluding hydrogens is 349 g/mol. The van der Waals surface area contributed by atoms with Crippen LogP contribution in [-0.4, -0.2) is 29.6 Å². The van der Waals surface area contributed by atoms with Gasteiger partial charge in [-0.2, -0.15) is 13.2 Å². The Labute approximate surface area is 129 Å². The molecule has 1 fully saturated rings. The number of halogens is 4. The fourth-order valence-corrected chi connectivity index (χ4v) is 2.69. The Kier molecular flexibility index (Phi) is 4.51. The van der Waals surface area contributed by atoms with Gasteiger partial charge in [0.1, 0.15) is 6.54 Å². The summed E-state index contributed by atoms with van der Waals surface area (Å²) in [6.07, 6.45) is -2.71. The van der Waals surface area contributed by atoms with E-state index in [1.54, 1.807) is 13.0 Å². The molecule has 1 saturated carbocycles. The summed E-state index contributed by atoms with van der Waals surface area (Å²) in [5.41, 5.74) is 6.03. The zero-order chi connectivity index (χ0) is 15.8. The van der Waals surface area contributed by atoms with Crippen molar-refractivity contribution in [3.05, 3.63) is 28.2 Å². The Hall–Kier alpha value is -1.24. The summed E-state index contributed by atoms with van der Waals surface area (Å²) in [7, 11) is 0. The number of nitrogens with zero attached hydrogens (tertiary/aromatic N) is 1. The first-order valence-corrected chi connectivity index (χ1v) is 7.41. The number of alkyl halides is 3. The zero-order valence-electron chi connectivity index (χ0n) is 11.5. The van der Waals surface area contributed by atoms with E-state index < -0.39 is 24.7 Å². The quantitative estimate of drug-likeness (QED) is 0.825. The van der Waals surface area contributed by atoms with Crippen LogP contribution in [0.15, 0.2) is 22.7 Å². The van der Waals surface area contributed by atoms with Crippen LogP contribution in [0.1, 0.15) is 30.1 Å². The second-order valence-electron chi connectivity index (χ2n) is 5.36. The maximum absolute atomic E-state index is 12.8. The van der Waals surface area contributed by atoms with Crippen molar-refractivity contribution in [1.82, 2.24) is 4.90 Å². The first-order chi connectivity index (χ1) is 9.69. The lowest BCUT2D eigenvalue weighted by Crippen LogP contribution is -2.45. The third-order valence-electron chi connectivity index (χ3n) is 3.65. The Morgan fingerprint density at radius 2 is 2.10 bits per heavy atom. The van der Waals surface area contributed by atoms with Gasteiger partial charge in [-0.05, 0) is 43.9 Å². The van der Waals surface area contributed by atoms with Gasteiger partial charge < -0.3 is 10.6 Å². The standard InChI is InChI=1S/C14H16BrF3N2O/c1-8(9-2-3-9)20(7-14(16,17)18)13(21)11-5-4-10(15)6-12(11)19/h4-6,8-9H,2-3,7,19H2,1H3. The molecule has 2 rings (SSSR count). The summed E-state index contributed by atoms with van der Waals surface area (Å²) in [5.74, 6) is -0.523. The van der Waals surface area contributed by atoms with Gasteiger partial charge in [0.05, 0.1) is 5.56 Å². The van der Waals surface area contributed by atoms with Crippen LogP contribution in [0.2, 0.25) is 0 Å². The highest BCUT2D eigenvalue weighted by molar-refractivity contribution is 9.10. The molecule has 0 heterocycles. The molecule has 1 aliphatic rings. The third kappa shape index (κ3) is 4.12. The van der Waals surface area contributed by atoms with Crippen LogP contribution in [0.5, 0.6) is 0 Å². The second kappa shape index (κ2) is 5.87. The lowest BCUT2D eigenvalue weighted by Gasteiger charge is -2.30. The van der Waals surface area contributed by atoms with E-state index in [1.165, 1.54) is 12.1 Å². The van der Waals surface area contributed by atoms with Gasteiger partial charge in [-0.3, -0.25) is 4.79 Å². The predicted octanol–water partition coefficient (Wildman–Crippen LogP) is 3.83. The highest BCUT2D eigenvalue weighted by Crippen LogP contribution is 2.37. The van der Waals surface area contributed by atoms with E-state index in [0.29, 0.717) is 4.47 Å². The molecule has 1 atom stereocenters. The van der Waals surface area contributed by atoms with Gasteiger partial charge in [0, 0.05) is 16.2 Å². The van der Waals surface area contributed by atoms with Crippen molar-refractivity contribution in [1.29, 1.82) is 0 Å². The number of nitrogens with two attached hydrogens (primary N) is 1. The normalized spacial score (nSPS) is 16.6. The van der Waals surface area contributed by atoms with E-state index in [1.807, 2.05) is 0 Å². The topological polar surface area (TPSA) is 46.3 Å². The van der Waals surface area contributed by atoms with Crippen LogP contribution in [0.25, 0.3) is 0 Å². The number of nitrogen functional groups attached to an aromatic ring is 1. The molecule has 21 heavy (non-hydrogen) atoms. The minimum absolute atomic E-state index is 0.106. The third-order valence-corrected chi connectivity index (χ3v) is 4.14. The van der Waals surface area contributed by atoms with Crippen molar-refractivity contribution in [2.75, 3.05) is 12.3 Å². The molecule has 1 aliphatic carbocycles. The van der Waals surface area contributed by atoms with Crippen LogP contribution in [0, 0.1) is 5.92 Å². The van der Waals surface area contributed by atoms with Crippen LogP contribution in [0.3, 0.4) is 0 Å². The summed E-state index contributed by atoms with van der Waals surface area (Å²) >= 11 is 3.21. The van der Waals surface area contributed by atoms with E-state index in [9.17, 15) is 18.0 Å². The van der Waals surface area contributed by atoms with Gasteiger partial charge in [0.15, 0.2) is 0 Å². The summed E-state index contributed by atoms with van der Waals surface area (Å²) in [5, 5.41) is 0. The molecule has 3 nitrogen and oxygen atoms in total. The van der Waals surface area contributed by atoms with Gasteiger partial charge >= 0.3 is 6.18 Å². The summed E-state index contributed by atoms with van der Waals surface area (Å²) < 4.78 is 38.9. The molecule has 0 bridgehead atoms. The molecule has 1 aromatic rings. The van der Waals surface area contributed by atoms with Gasteiger partial charge in [0.2, 0.25) is 0 Å². The largest absolute Gasteiger partial charge is 0.406 e. The number of carbonyl (C=O) groups excluding carboxylic acids is 1. The molecular formula is C14H16BrF3N2O. The first kappa shape index (κ1) is 16.1. The van der Waals surface area contributed by atoms with Crippen molar-refractivity contribution in [2.24, 2.45) is 5.92 Å². The van der Waals surface area contributed by atoms with Crippen LogP contribution in [-0.2, 0) is 0 Å². The summed E-state index contributed by atoms with van der Waals surface area (Å²) in [4.78, 5) is 13.3. The summed E-state index contributed by atoms with van der Waals surface area (Å²) in [6, 6.07) is 4.12. The first-order valence-electron chi connectivity index (χ1n) is 6.62. The average molecular weight is 365 g/mol. The number of hydrogen-bond acceptors (Lipinski definition) is 2. The summed E-state index contributed by atoms with van der Waals surface area (Å²) in [6.45, 7) is 0.412. The monoisotopic (exact) mass is 364 g/mol. The Bertz CT molecular complexity index is 544. The number of carbonyl (C=O) groups is 1. The number of hydrogen-bond donors (Lipinski definition) is 1. The second-order valence-corrected chi connectivity index (χ2v) is 6.27. The number of anilines is 1. The van der Waals surface area contributed by atoms with Crippen LogP contribution >= 0.6 is 15.9 Å². The van der Waals surface area contributed by atoms with Gasteiger partial charge in [0.25, 0.3) is 5.91 Å². The number of benzene rings is 1. The fraction of sp³-hybridized carbons (Fsp3) is 0.500. The Morgan fingerprint density at radius 3 is 2.57 bits per heavy atom. The molecule has 0 radical (unpaired) electrons. The molecule has 1 amide bonds. The van der Waals surface area contributed by atoms with Gasteiger partial charge in [-0.25, -0.2) is 0 Å². The minimum Gasteiger partial charge on any atom is -0.398 e. The number of amides is 1. The fourth-order valence-electron chi connectivity index (χ4n) is 2.31. The molecule has 2 N–H and O–H groups in total. The molecule has 0 aromatic heterocycles. The smallest absolute Gasteiger partial charge is 0.398 e. The van der Waals surface area contributed by atoms with Gasteiger partial charge in [-0.1, -0.05) is 15.9 Å². The molecule has 0 saturated heterocycles. The Morgan fingerprint density at radius 1 is 1.48 bits per heavy atom. The maximum Gasteiger partial charge on any atom is 0.406 e. The molecule has 0 spiro atoms. The van der Waals surface area contributed by atoms with Crippen LogP contribution < -0.4 is 5.73 Å². The van der Waals surface area contributed by atoms with Crippen molar-refractivity contribution in [2.45, 2.75) is 32.0 Å². The maximum atomic E-state index is 12.8. The van der Waals surface area contributed by atoms with Crippen molar-refractivity contribution in [3.8, 4) is 0 Å². The Balaban J connectivity index is 2.28. The zero-order valence-corrected chi connectivity index (χ0v) is 13.0. The molecule has 1 unspecified atom stereocenters. The van der Waals surface area contributed by atoms with E-state index in [4.69, 9.17) is 5.73 Å². The van der Waals surface area contributed by atoms with E-state index >= 15 is 0 Å². The SMILES string of the molecule is CC(C1CC1)N(CC(F)(F)F)C(=O)c1ccc(Br)cc1N. The van der Waals surface area contributed by atoms with Crippen LogP contribution in [0.4, 0.5) is 18.9 Å².